The molecular weight excluding hydrogens is 462 g/mol. The van der Waals surface area contributed by atoms with Crippen LogP contribution in [-0.4, -0.2) is 20.7 Å². The number of aryl methyl sites for hydroxylation is 1. The number of benzene rings is 3. The van der Waals surface area contributed by atoms with E-state index < -0.39 is 5.91 Å². The zero-order valence-corrected chi connectivity index (χ0v) is 18.3. The van der Waals surface area contributed by atoms with Crippen LogP contribution in [0.15, 0.2) is 60.7 Å². The van der Waals surface area contributed by atoms with Crippen molar-refractivity contribution in [2.45, 2.75) is 6.92 Å². The largest absolute Gasteiger partial charge is 0.319 e. The summed E-state index contributed by atoms with van der Waals surface area (Å²) in [7, 11) is 0. The number of amides is 1. The van der Waals surface area contributed by atoms with Crippen LogP contribution >= 0.6 is 34.8 Å². The Morgan fingerprint density at radius 3 is 2.42 bits per heavy atom. The summed E-state index contributed by atoms with van der Waals surface area (Å²) < 4.78 is 14.9. The average Bonchev–Trinajstić information content (AvgIpc) is 3.18. The van der Waals surface area contributed by atoms with Crippen LogP contribution in [0.5, 0.6) is 0 Å². The maximum absolute atomic E-state index is 13.4. The lowest BCUT2D eigenvalue weighted by Crippen LogP contribution is -2.14. The van der Waals surface area contributed by atoms with Gasteiger partial charge in [0.1, 0.15) is 5.82 Å². The number of anilines is 1. The Balaban J connectivity index is 1.78. The van der Waals surface area contributed by atoms with Gasteiger partial charge in [-0.3, -0.25) is 4.79 Å². The molecule has 1 heterocycles. The highest BCUT2D eigenvalue weighted by molar-refractivity contribution is 6.42. The SMILES string of the molecule is Cc1ccc(Cl)cc1-n1nc(C(=O)Nc2ccc(Cl)c(Cl)c2)nc1-c1ccc(F)cc1. The molecule has 0 atom stereocenters. The average molecular weight is 476 g/mol. The molecule has 1 N–H and O–H groups in total. The van der Waals surface area contributed by atoms with E-state index in [1.54, 1.807) is 36.4 Å². The predicted octanol–water partition coefficient (Wildman–Crippen LogP) is 6.59. The van der Waals surface area contributed by atoms with Gasteiger partial charge in [0, 0.05) is 16.3 Å². The van der Waals surface area contributed by atoms with Gasteiger partial charge in [-0.15, -0.1) is 5.10 Å². The highest BCUT2D eigenvalue weighted by atomic mass is 35.5. The maximum Gasteiger partial charge on any atom is 0.295 e. The quantitative estimate of drug-likeness (QED) is 0.362. The van der Waals surface area contributed by atoms with E-state index in [2.05, 4.69) is 15.4 Å². The lowest BCUT2D eigenvalue weighted by molar-refractivity contribution is 0.101. The Hall–Kier alpha value is -2.93. The number of aromatic nitrogens is 3. The van der Waals surface area contributed by atoms with E-state index in [9.17, 15) is 9.18 Å². The molecule has 4 aromatic rings. The van der Waals surface area contributed by atoms with Crippen LogP contribution in [0.25, 0.3) is 17.1 Å². The van der Waals surface area contributed by atoms with Crippen molar-refractivity contribution in [2.75, 3.05) is 5.32 Å². The van der Waals surface area contributed by atoms with Crippen molar-refractivity contribution in [2.24, 2.45) is 0 Å². The fraction of sp³-hybridized carbons (Fsp3) is 0.0455. The molecule has 4 rings (SSSR count). The van der Waals surface area contributed by atoms with E-state index >= 15 is 0 Å². The monoisotopic (exact) mass is 474 g/mol. The van der Waals surface area contributed by atoms with Gasteiger partial charge in [0.25, 0.3) is 5.91 Å². The summed E-state index contributed by atoms with van der Waals surface area (Å²) in [5.74, 6) is -0.638. The van der Waals surface area contributed by atoms with Gasteiger partial charge < -0.3 is 5.32 Å². The molecule has 5 nitrogen and oxygen atoms in total. The molecule has 0 fully saturated rings. The second-order valence-electron chi connectivity index (χ2n) is 6.69. The minimum Gasteiger partial charge on any atom is -0.319 e. The summed E-state index contributed by atoms with van der Waals surface area (Å²) in [6.07, 6.45) is 0. The van der Waals surface area contributed by atoms with Gasteiger partial charge in [-0.2, -0.15) is 0 Å². The molecule has 0 aliphatic rings. The summed E-state index contributed by atoms with van der Waals surface area (Å²) in [4.78, 5) is 17.2. The fourth-order valence-electron chi connectivity index (χ4n) is 2.93. The Morgan fingerprint density at radius 2 is 1.71 bits per heavy atom. The Bertz CT molecular complexity index is 1290. The topological polar surface area (TPSA) is 59.8 Å². The highest BCUT2D eigenvalue weighted by Gasteiger charge is 2.20. The van der Waals surface area contributed by atoms with E-state index in [-0.39, 0.29) is 11.6 Å². The van der Waals surface area contributed by atoms with E-state index in [0.29, 0.717) is 37.8 Å². The summed E-state index contributed by atoms with van der Waals surface area (Å²) in [6.45, 7) is 1.89. The molecule has 0 radical (unpaired) electrons. The van der Waals surface area contributed by atoms with Gasteiger partial charge in [-0.1, -0.05) is 40.9 Å². The molecule has 0 aliphatic carbocycles. The molecule has 156 valence electrons. The number of carbonyl (C=O) groups is 1. The molecule has 1 aromatic heterocycles. The number of carbonyl (C=O) groups excluding carboxylic acids is 1. The first-order valence-electron chi connectivity index (χ1n) is 9.08. The van der Waals surface area contributed by atoms with Crippen LogP contribution in [0.4, 0.5) is 10.1 Å². The summed E-state index contributed by atoms with van der Waals surface area (Å²) in [5.41, 5.74) is 2.54. The first kappa shape index (κ1) is 21.3. The van der Waals surface area contributed by atoms with E-state index in [0.717, 1.165) is 5.56 Å². The van der Waals surface area contributed by atoms with E-state index in [1.807, 2.05) is 13.0 Å². The standard InChI is InChI=1S/C22H14Cl3FN4O/c1-12-2-5-14(23)10-19(12)30-21(13-3-6-15(26)7-4-13)28-20(29-30)22(31)27-16-8-9-17(24)18(25)11-16/h2-11H,1H3,(H,27,31). The molecule has 3 aromatic carbocycles. The van der Waals surface area contributed by atoms with Gasteiger partial charge in [0.05, 0.1) is 15.7 Å². The maximum atomic E-state index is 13.4. The van der Waals surface area contributed by atoms with Crippen LogP contribution in [0.2, 0.25) is 15.1 Å². The number of nitrogens with zero attached hydrogens (tertiary/aromatic N) is 3. The normalized spacial score (nSPS) is 10.9. The number of hydrogen-bond acceptors (Lipinski definition) is 3. The Labute approximate surface area is 192 Å². The first-order chi connectivity index (χ1) is 14.8. The van der Waals surface area contributed by atoms with Crippen LogP contribution in [0, 0.1) is 12.7 Å². The lowest BCUT2D eigenvalue weighted by Gasteiger charge is -2.09. The van der Waals surface area contributed by atoms with Crippen molar-refractivity contribution in [3.8, 4) is 17.1 Å². The van der Waals surface area contributed by atoms with Crippen LogP contribution in [0.1, 0.15) is 16.2 Å². The molecule has 9 heteroatoms. The molecule has 31 heavy (non-hydrogen) atoms. The minimum absolute atomic E-state index is 0.0789. The molecule has 0 saturated carbocycles. The third-order valence-electron chi connectivity index (χ3n) is 4.49. The second kappa shape index (κ2) is 8.67. The Kier molecular flexibility index (Phi) is 5.96. The van der Waals surface area contributed by atoms with Gasteiger partial charge >= 0.3 is 0 Å². The van der Waals surface area contributed by atoms with Crippen LogP contribution in [0.3, 0.4) is 0 Å². The highest BCUT2D eigenvalue weighted by Crippen LogP contribution is 2.27. The van der Waals surface area contributed by atoms with E-state index in [1.165, 1.54) is 22.9 Å². The first-order valence-corrected chi connectivity index (χ1v) is 10.2. The summed E-state index contributed by atoms with van der Waals surface area (Å²) in [5, 5.41) is 8.28. The summed E-state index contributed by atoms with van der Waals surface area (Å²) >= 11 is 18.1. The molecule has 0 unspecified atom stereocenters. The number of rotatable bonds is 4. The van der Waals surface area contributed by atoms with Crippen molar-refractivity contribution >= 4 is 46.4 Å². The molecule has 0 saturated heterocycles. The van der Waals surface area contributed by atoms with Crippen molar-refractivity contribution in [3.05, 3.63) is 92.9 Å². The van der Waals surface area contributed by atoms with Crippen LogP contribution in [-0.2, 0) is 0 Å². The van der Waals surface area contributed by atoms with Crippen molar-refractivity contribution < 1.29 is 9.18 Å². The van der Waals surface area contributed by atoms with E-state index in [4.69, 9.17) is 34.8 Å². The zero-order valence-electron chi connectivity index (χ0n) is 16.0. The van der Waals surface area contributed by atoms with Gasteiger partial charge in [0.2, 0.25) is 5.82 Å². The molecule has 0 aliphatic heterocycles. The molecule has 0 spiro atoms. The van der Waals surface area contributed by atoms with Crippen molar-refractivity contribution in [1.82, 2.24) is 14.8 Å². The van der Waals surface area contributed by atoms with Crippen molar-refractivity contribution in [1.29, 1.82) is 0 Å². The van der Waals surface area contributed by atoms with Gasteiger partial charge in [-0.05, 0) is 67.1 Å². The lowest BCUT2D eigenvalue weighted by atomic mass is 10.1. The number of hydrogen-bond donors (Lipinski definition) is 1. The van der Waals surface area contributed by atoms with Crippen LogP contribution < -0.4 is 5.32 Å². The third kappa shape index (κ3) is 4.56. The molecule has 0 bridgehead atoms. The zero-order chi connectivity index (χ0) is 22.1. The third-order valence-corrected chi connectivity index (χ3v) is 5.46. The smallest absolute Gasteiger partial charge is 0.295 e. The molecule has 1 amide bonds. The second-order valence-corrected chi connectivity index (χ2v) is 7.94. The van der Waals surface area contributed by atoms with Gasteiger partial charge in [-0.25, -0.2) is 14.1 Å². The predicted molar refractivity (Wildman–Crippen MR) is 121 cm³/mol. The summed E-state index contributed by atoms with van der Waals surface area (Å²) in [6, 6.07) is 15.8. The van der Waals surface area contributed by atoms with Gasteiger partial charge in [0.15, 0.2) is 5.82 Å². The number of nitrogens with one attached hydrogen (secondary N) is 1. The van der Waals surface area contributed by atoms with Crippen molar-refractivity contribution in [3.63, 3.8) is 0 Å². The number of halogens is 4. The minimum atomic E-state index is -0.541. The molecular formula is C22H14Cl3FN4O. The Morgan fingerprint density at radius 1 is 0.968 bits per heavy atom. The fourth-order valence-corrected chi connectivity index (χ4v) is 3.40.